The Morgan fingerprint density at radius 2 is 1.55 bits per heavy atom. The molecule has 0 aliphatic rings. The molecule has 68 valence electrons. The van der Waals surface area contributed by atoms with Crippen LogP contribution in [-0.4, -0.2) is 6.17 Å². The molecule has 0 rings (SSSR count). The molecule has 0 heterocycles. The van der Waals surface area contributed by atoms with Gasteiger partial charge in [-0.1, -0.05) is 27.7 Å². The lowest BCUT2D eigenvalue weighted by molar-refractivity contribution is 0.191. The minimum absolute atomic E-state index is 0.169. The summed E-state index contributed by atoms with van der Waals surface area (Å²) in [5.41, 5.74) is 0.169. The standard InChI is InChI=1S/C10H21F/c1-8(2)6-10(4,5)7-9(3)11/h8-9H,6-7H2,1-5H3/t9-/m1/s1. The van der Waals surface area contributed by atoms with E-state index in [2.05, 4.69) is 27.7 Å². The molecule has 0 nitrogen and oxygen atoms in total. The van der Waals surface area contributed by atoms with Crippen molar-refractivity contribution in [2.75, 3.05) is 0 Å². The van der Waals surface area contributed by atoms with Gasteiger partial charge in [-0.3, -0.25) is 0 Å². The van der Waals surface area contributed by atoms with E-state index < -0.39 is 6.17 Å². The fourth-order valence-electron chi connectivity index (χ4n) is 1.95. The van der Waals surface area contributed by atoms with Crippen molar-refractivity contribution in [1.82, 2.24) is 0 Å². The molecule has 0 spiro atoms. The minimum Gasteiger partial charge on any atom is -0.248 e. The van der Waals surface area contributed by atoms with E-state index >= 15 is 0 Å². The Morgan fingerprint density at radius 1 is 1.09 bits per heavy atom. The van der Waals surface area contributed by atoms with Gasteiger partial charge in [0.15, 0.2) is 0 Å². The third-order valence-electron chi connectivity index (χ3n) is 1.79. The van der Waals surface area contributed by atoms with Gasteiger partial charge in [0.25, 0.3) is 0 Å². The molecule has 0 amide bonds. The highest BCUT2D eigenvalue weighted by molar-refractivity contribution is 4.72. The zero-order chi connectivity index (χ0) is 9.07. The van der Waals surface area contributed by atoms with Gasteiger partial charge in [0.05, 0.1) is 6.17 Å². The van der Waals surface area contributed by atoms with Gasteiger partial charge in [0.2, 0.25) is 0 Å². The summed E-state index contributed by atoms with van der Waals surface area (Å²) in [7, 11) is 0. The average molecular weight is 160 g/mol. The second kappa shape index (κ2) is 4.08. The molecule has 0 bridgehead atoms. The first-order valence-corrected chi connectivity index (χ1v) is 4.47. The summed E-state index contributed by atoms with van der Waals surface area (Å²) in [6, 6.07) is 0. The van der Waals surface area contributed by atoms with Crippen molar-refractivity contribution in [3.8, 4) is 0 Å². The fourth-order valence-corrected chi connectivity index (χ4v) is 1.95. The van der Waals surface area contributed by atoms with Gasteiger partial charge in [-0.2, -0.15) is 0 Å². The molecule has 0 aromatic carbocycles. The Labute approximate surface area is 70.2 Å². The highest BCUT2D eigenvalue weighted by Gasteiger charge is 2.21. The highest BCUT2D eigenvalue weighted by atomic mass is 19.1. The SMILES string of the molecule is CC(C)CC(C)(C)C[C@@H](C)F. The van der Waals surface area contributed by atoms with Crippen LogP contribution in [0, 0.1) is 11.3 Å². The Kier molecular flexibility index (Phi) is 4.05. The largest absolute Gasteiger partial charge is 0.248 e. The molecular formula is C10H21F. The zero-order valence-corrected chi connectivity index (χ0v) is 8.45. The third kappa shape index (κ3) is 6.33. The van der Waals surface area contributed by atoms with E-state index in [9.17, 15) is 4.39 Å². The second-order valence-corrected chi connectivity index (χ2v) is 4.75. The van der Waals surface area contributed by atoms with Crippen molar-refractivity contribution < 1.29 is 4.39 Å². The molecule has 0 fully saturated rings. The molecule has 0 aliphatic carbocycles. The van der Waals surface area contributed by atoms with E-state index in [0.717, 1.165) is 6.42 Å². The third-order valence-corrected chi connectivity index (χ3v) is 1.79. The Bertz CT molecular complexity index is 91.4. The molecule has 0 aromatic heterocycles. The normalized spacial score (nSPS) is 15.5. The van der Waals surface area contributed by atoms with Crippen molar-refractivity contribution in [1.29, 1.82) is 0 Å². The van der Waals surface area contributed by atoms with Crippen LogP contribution in [0.5, 0.6) is 0 Å². The van der Waals surface area contributed by atoms with E-state index in [1.165, 1.54) is 0 Å². The maximum absolute atomic E-state index is 12.6. The molecule has 0 saturated carbocycles. The van der Waals surface area contributed by atoms with Crippen molar-refractivity contribution in [3.05, 3.63) is 0 Å². The number of hydrogen-bond donors (Lipinski definition) is 0. The molecule has 0 unspecified atom stereocenters. The van der Waals surface area contributed by atoms with E-state index in [0.29, 0.717) is 12.3 Å². The summed E-state index contributed by atoms with van der Waals surface area (Å²) in [4.78, 5) is 0. The maximum atomic E-state index is 12.6. The van der Waals surface area contributed by atoms with Gasteiger partial charge in [-0.05, 0) is 31.1 Å². The number of halogens is 1. The summed E-state index contributed by atoms with van der Waals surface area (Å²) < 4.78 is 12.6. The monoisotopic (exact) mass is 160 g/mol. The Balaban J connectivity index is 3.79. The smallest absolute Gasteiger partial charge is 0.0978 e. The van der Waals surface area contributed by atoms with Crippen molar-refractivity contribution in [2.24, 2.45) is 11.3 Å². The Morgan fingerprint density at radius 3 is 1.82 bits per heavy atom. The van der Waals surface area contributed by atoms with Gasteiger partial charge in [-0.25, -0.2) is 4.39 Å². The molecule has 0 aliphatic heterocycles. The van der Waals surface area contributed by atoms with E-state index in [4.69, 9.17) is 0 Å². The van der Waals surface area contributed by atoms with Crippen LogP contribution in [0.3, 0.4) is 0 Å². The van der Waals surface area contributed by atoms with Crippen LogP contribution >= 0.6 is 0 Å². The topological polar surface area (TPSA) is 0 Å². The summed E-state index contributed by atoms with van der Waals surface area (Å²) in [6.45, 7) is 10.3. The summed E-state index contributed by atoms with van der Waals surface area (Å²) in [5, 5.41) is 0. The molecule has 1 heteroatoms. The van der Waals surface area contributed by atoms with E-state index in [1.54, 1.807) is 6.92 Å². The zero-order valence-electron chi connectivity index (χ0n) is 8.45. The lowest BCUT2D eigenvalue weighted by atomic mass is 9.80. The fraction of sp³-hybridized carbons (Fsp3) is 1.00. The second-order valence-electron chi connectivity index (χ2n) is 4.75. The summed E-state index contributed by atoms with van der Waals surface area (Å²) in [6.07, 6.45) is 1.13. The lowest BCUT2D eigenvalue weighted by Gasteiger charge is -2.27. The highest BCUT2D eigenvalue weighted by Crippen LogP contribution is 2.30. The summed E-state index contributed by atoms with van der Waals surface area (Å²) >= 11 is 0. The molecule has 0 aromatic rings. The molecular weight excluding hydrogens is 139 g/mol. The van der Waals surface area contributed by atoms with Crippen LogP contribution in [0.25, 0.3) is 0 Å². The maximum Gasteiger partial charge on any atom is 0.0978 e. The average Bonchev–Trinajstić information content (AvgIpc) is 1.53. The van der Waals surface area contributed by atoms with Crippen molar-refractivity contribution in [2.45, 2.75) is 53.6 Å². The van der Waals surface area contributed by atoms with Crippen LogP contribution in [0.1, 0.15) is 47.5 Å². The molecule has 0 radical (unpaired) electrons. The number of hydrogen-bond acceptors (Lipinski definition) is 0. The van der Waals surface area contributed by atoms with Gasteiger partial charge in [0, 0.05) is 0 Å². The quantitative estimate of drug-likeness (QED) is 0.586. The summed E-state index contributed by atoms with van der Waals surface area (Å²) in [5.74, 6) is 0.670. The van der Waals surface area contributed by atoms with Crippen LogP contribution in [0.4, 0.5) is 4.39 Å². The van der Waals surface area contributed by atoms with Gasteiger partial charge >= 0.3 is 0 Å². The first kappa shape index (κ1) is 10.9. The van der Waals surface area contributed by atoms with Crippen LogP contribution < -0.4 is 0 Å². The predicted molar refractivity (Wildman–Crippen MR) is 48.4 cm³/mol. The molecule has 11 heavy (non-hydrogen) atoms. The van der Waals surface area contributed by atoms with Crippen molar-refractivity contribution in [3.63, 3.8) is 0 Å². The van der Waals surface area contributed by atoms with Gasteiger partial charge in [0.1, 0.15) is 0 Å². The van der Waals surface area contributed by atoms with Crippen LogP contribution in [0.2, 0.25) is 0 Å². The first-order valence-electron chi connectivity index (χ1n) is 4.47. The predicted octanol–water partition coefficient (Wildman–Crippen LogP) is 3.81. The lowest BCUT2D eigenvalue weighted by Crippen LogP contribution is -2.18. The molecule has 1 atom stereocenters. The van der Waals surface area contributed by atoms with Gasteiger partial charge in [-0.15, -0.1) is 0 Å². The van der Waals surface area contributed by atoms with E-state index in [1.807, 2.05) is 0 Å². The number of alkyl halides is 1. The van der Waals surface area contributed by atoms with Crippen molar-refractivity contribution >= 4 is 0 Å². The van der Waals surface area contributed by atoms with Gasteiger partial charge < -0.3 is 0 Å². The molecule has 0 N–H and O–H groups in total. The van der Waals surface area contributed by atoms with Crippen LogP contribution in [-0.2, 0) is 0 Å². The first-order chi connectivity index (χ1) is 4.83. The Hall–Kier alpha value is -0.0700. The molecule has 0 saturated heterocycles. The minimum atomic E-state index is -0.663. The van der Waals surface area contributed by atoms with E-state index in [-0.39, 0.29) is 5.41 Å². The number of rotatable bonds is 4. The van der Waals surface area contributed by atoms with Crippen LogP contribution in [0.15, 0.2) is 0 Å².